The number of rotatable bonds is 2. The number of hydrogen-bond acceptors (Lipinski definition) is 3. The second kappa shape index (κ2) is 5.09. The lowest BCUT2D eigenvalue weighted by atomic mass is 9.59. The van der Waals surface area contributed by atoms with Crippen LogP contribution >= 0.6 is 0 Å². The van der Waals surface area contributed by atoms with Crippen molar-refractivity contribution in [2.45, 2.75) is 31.1 Å². The van der Waals surface area contributed by atoms with Crippen LogP contribution in [0.15, 0.2) is 18.2 Å². The Morgan fingerprint density at radius 1 is 1.40 bits per heavy atom. The summed E-state index contributed by atoms with van der Waals surface area (Å²) in [4.78, 5) is 11.8. The highest BCUT2D eigenvalue weighted by molar-refractivity contribution is 5.74. The third-order valence-corrected chi connectivity index (χ3v) is 4.88. The first-order valence-electron chi connectivity index (χ1n) is 7.16. The fraction of sp³-hybridized carbons (Fsp3) is 0.562. The Labute approximate surface area is 118 Å². The number of aliphatic carboxylic acids is 1. The first kappa shape index (κ1) is 13.4. The van der Waals surface area contributed by atoms with Crippen molar-refractivity contribution in [3.05, 3.63) is 29.3 Å². The molecular formula is C16H20O4. The van der Waals surface area contributed by atoms with Crippen LogP contribution < -0.4 is 4.74 Å². The number of carboxylic acid groups (broad SMARTS) is 1. The van der Waals surface area contributed by atoms with Gasteiger partial charge >= 0.3 is 5.97 Å². The summed E-state index contributed by atoms with van der Waals surface area (Å²) in [7, 11) is 1.66. The normalized spacial score (nSPS) is 24.1. The van der Waals surface area contributed by atoms with E-state index in [1.54, 1.807) is 7.11 Å². The van der Waals surface area contributed by atoms with Crippen LogP contribution in [0.5, 0.6) is 5.75 Å². The first-order valence-corrected chi connectivity index (χ1v) is 7.16. The summed E-state index contributed by atoms with van der Waals surface area (Å²) in [6.07, 6.45) is 3.04. The largest absolute Gasteiger partial charge is 0.496 e. The molecule has 0 radical (unpaired) electrons. The smallest absolute Gasteiger partial charge is 0.307 e. The number of carboxylic acids is 1. The maximum Gasteiger partial charge on any atom is 0.307 e. The lowest BCUT2D eigenvalue weighted by Gasteiger charge is -2.46. The van der Waals surface area contributed by atoms with Gasteiger partial charge in [-0.15, -0.1) is 0 Å². The van der Waals surface area contributed by atoms with E-state index in [1.165, 1.54) is 5.56 Å². The van der Waals surface area contributed by atoms with Crippen molar-refractivity contribution in [2.24, 2.45) is 5.92 Å². The SMILES string of the molecule is COc1cccc2c1C1(CCOCC1)C(C(=O)O)CC2. The number of fused-ring (bicyclic) bond motifs is 2. The van der Waals surface area contributed by atoms with Gasteiger partial charge in [0.15, 0.2) is 0 Å². The molecule has 3 rings (SSSR count). The molecule has 1 atom stereocenters. The number of ether oxygens (including phenoxy) is 2. The molecule has 1 saturated heterocycles. The molecule has 1 N–H and O–H groups in total. The third-order valence-electron chi connectivity index (χ3n) is 4.88. The van der Waals surface area contributed by atoms with Crippen LogP contribution in [0, 0.1) is 5.92 Å². The monoisotopic (exact) mass is 276 g/mol. The van der Waals surface area contributed by atoms with Gasteiger partial charge in [0.2, 0.25) is 0 Å². The van der Waals surface area contributed by atoms with Gasteiger partial charge in [-0.1, -0.05) is 12.1 Å². The molecule has 0 bridgehead atoms. The zero-order chi connectivity index (χ0) is 14.2. The van der Waals surface area contributed by atoms with Crippen LogP contribution in [0.3, 0.4) is 0 Å². The Morgan fingerprint density at radius 3 is 2.80 bits per heavy atom. The molecule has 1 aromatic rings. The van der Waals surface area contributed by atoms with Gasteiger partial charge in [-0.25, -0.2) is 0 Å². The second-order valence-corrected chi connectivity index (χ2v) is 5.69. The van der Waals surface area contributed by atoms with Crippen molar-refractivity contribution >= 4 is 5.97 Å². The van der Waals surface area contributed by atoms with Gasteiger partial charge in [0.25, 0.3) is 0 Å². The second-order valence-electron chi connectivity index (χ2n) is 5.69. The van der Waals surface area contributed by atoms with Gasteiger partial charge in [-0.05, 0) is 37.3 Å². The Hall–Kier alpha value is -1.55. The quantitative estimate of drug-likeness (QED) is 0.901. The Bertz CT molecular complexity index is 503. The van der Waals surface area contributed by atoms with Crippen molar-refractivity contribution < 1.29 is 19.4 Å². The van der Waals surface area contributed by atoms with E-state index in [4.69, 9.17) is 9.47 Å². The molecule has 4 nitrogen and oxygen atoms in total. The molecule has 108 valence electrons. The predicted octanol–water partition coefficient (Wildman–Crippen LogP) is 2.39. The highest BCUT2D eigenvalue weighted by Crippen LogP contribution is 2.51. The van der Waals surface area contributed by atoms with Gasteiger partial charge in [0, 0.05) is 24.2 Å². The Morgan fingerprint density at radius 2 is 2.15 bits per heavy atom. The number of carbonyl (C=O) groups is 1. The molecule has 1 fully saturated rings. The molecular weight excluding hydrogens is 256 g/mol. The molecule has 1 spiro atoms. The van der Waals surface area contributed by atoms with Crippen molar-refractivity contribution in [2.75, 3.05) is 20.3 Å². The molecule has 20 heavy (non-hydrogen) atoms. The zero-order valence-corrected chi connectivity index (χ0v) is 11.7. The topological polar surface area (TPSA) is 55.8 Å². The first-order chi connectivity index (χ1) is 9.69. The van der Waals surface area contributed by atoms with Crippen LogP contribution in [0.25, 0.3) is 0 Å². The summed E-state index contributed by atoms with van der Waals surface area (Å²) >= 11 is 0. The highest BCUT2D eigenvalue weighted by atomic mass is 16.5. The summed E-state index contributed by atoms with van der Waals surface area (Å²) < 4.78 is 11.0. The zero-order valence-electron chi connectivity index (χ0n) is 11.7. The molecule has 1 aliphatic heterocycles. The maximum absolute atomic E-state index is 11.8. The van der Waals surface area contributed by atoms with Crippen LogP contribution in [0.2, 0.25) is 0 Å². The number of hydrogen-bond donors (Lipinski definition) is 1. The number of methoxy groups -OCH3 is 1. The minimum absolute atomic E-state index is 0.329. The molecule has 0 amide bonds. The summed E-state index contributed by atoms with van der Waals surface area (Å²) in [5, 5.41) is 9.66. The maximum atomic E-state index is 11.8. The van der Waals surface area contributed by atoms with Gasteiger partial charge in [-0.3, -0.25) is 4.79 Å². The molecule has 1 aromatic carbocycles. The van der Waals surface area contributed by atoms with Gasteiger partial charge < -0.3 is 14.6 Å². The standard InChI is InChI=1S/C16H20O4/c1-19-13-4-2-3-11-5-6-12(15(17)18)16(14(11)13)7-9-20-10-8-16/h2-4,12H,5-10H2,1H3,(H,17,18). The molecule has 1 heterocycles. The summed E-state index contributed by atoms with van der Waals surface area (Å²) in [6, 6.07) is 6.04. The summed E-state index contributed by atoms with van der Waals surface area (Å²) in [5.74, 6) is -0.200. The van der Waals surface area contributed by atoms with Crippen LogP contribution in [-0.4, -0.2) is 31.4 Å². The highest BCUT2D eigenvalue weighted by Gasteiger charge is 2.50. The van der Waals surface area contributed by atoms with Crippen LogP contribution in [0.4, 0.5) is 0 Å². The van der Waals surface area contributed by atoms with Gasteiger partial charge in [-0.2, -0.15) is 0 Å². The fourth-order valence-corrected chi connectivity index (χ4v) is 3.96. The van der Waals surface area contributed by atoms with Gasteiger partial charge in [0.05, 0.1) is 13.0 Å². The minimum Gasteiger partial charge on any atom is -0.496 e. The van der Waals surface area contributed by atoms with E-state index in [1.807, 2.05) is 12.1 Å². The van der Waals surface area contributed by atoms with Crippen molar-refractivity contribution in [1.82, 2.24) is 0 Å². The van der Waals surface area contributed by atoms with E-state index < -0.39 is 5.97 Å². The average Bonchev–Trinajstić information content (AvgIpc) is 2.47. The van der Waals surface area contributed by atoms with Crippen LogP contribution in [0.1, 0.15) is 30.4 Å². The van der Waals surface area contributed by atoms with Crippen molar-refractivity contribution in [3.8, 4) is 5.75 Å². The van der Waals surface area contributed by atoms with Crippen molar-refractivity contribution in [3.63, 3.8) is 0 Å². The number of aryl methyl sites for hydroxylation is 1. The lowest BCUT2D eigenvalue weighted by molar-refractivity contribution is -0.147. The van der Waals surface area contributed by atoms with E-state index in [0.29, 0.717) is 19.6 Å². The van der Waals surface area contributed by atoms with E-state index >= 15 is 0 Å². The minimum atomic E-state index is -0.691. The summed E-state index contributed by atoms with van der Waals surface area (Å²) in [5.41, 5.74) is 2.03. The van der Waals surface area contributed by atoms with E-state index in [9.17, 15) is 9.90 Å². The molecule has 2 aliphatic rings. The van der Waals surface area contributed by atoms with E-state index in [-0.39, 0.29) is 11.3 Å². The molecule has 0 aromatic heterocycles. The summed E-state index contributed by atoms with van der Waals surface area (Å²) in [6.45, 7) is 1.25. The third kappa shape index (κ3) is 1.90. The molecule has 1 aliphatic carbocycles. The average molecular weight is 276 g/mol. The van der Waals surface area contributed by atoms with Gasteiger partial charge in [0.1, 0.15) is 5.75 Å². The Balaban J connectivity index is 2.18. The fourth-order valence-electron chi connectivity index (χ4n) is 3.96. The molecule has 4 heteroatoms. The predicted molar refractivity (Wildman–Crippen MR) is 74.2 cm³/mol. The molecule has 0 saturated carbocycles. The van der Waals surface area contributed by atoms with E-state index in [0.717, 1.165) is 30.6 Å². The number of benzene rings is 1. The lowest BCUT2D eigenvalue weighted by Crippen LogP contribution is -2.47. The van der Waals surface area contributed by atoms with Crippen molar-refractivity contribution in [1.29, 1.82) is 0 Å². The Kier molecular flexibility index (Phi) is 3.42. The molecule has 1 unspecified atom stereocenters. The van der Waals surface area contributed by atoms with E-state index in [2.05, 4.69) is 6.07 Å². The van der Waals surface area contributed by atoms with Crippen LogP contribution in [-0.2, 0) is 21.4 Å².